The number of carbonyl (C=O) groups is 1. The summed E-state index contributed by atoms with van der Waals surface area (Å²) < 4.78 is 11.3. The number of fused-ring (bicyclic) bond motifs is 1. The summed E-state index contributed by atoms with van der Waals surface area (Å²) >= 11 is 5.37. The molecule has 0 saturated heterocycles. The Morgan fingerprint density at radius 3 is 2.82 bits per heavy atom. The predicted molar refractivity (Wildman–Crippen MR) is 114 cm³/mol. The number of hydrogen-bond donors (Lipinski definition) is 3. The minimum Gasteiger partial charge on any atom is -0.450 e. The molecular formula is C21H29N3O3S. The number of furan rings is 1. The Kier molecular flexibility index (Phi) is 6.91. The van der Waals surface area contributed by atoms with Gasteiger partial charge in [-0.05, 0) is 43.5 Å². The summed E-state index contributed by atoms with van der Waals surface area (Å²) in [5.41, 5.74) is 6.86. The Hall–Kier alpha value is -2.12. The average molecular weight is 404 g/mol. The van der Waals surface area contributed by atoms with Crippen molar-refractivity contribution in [2.45, 2.75) is 52.7 Å². The van der Waals surface area contributed by atoms with Crippen molar-refractivity contribution in [2.24, 2.45) is 11.8 Å². The molecule has 0 unspecified atom stereocenters. The molecule has 0 spiro atoms. The highest BCUT2D eigenvalue weighted by molar-refractivity contribution is 7.80. The van der Waals surface area contributed by atoms with Gasteiger partial charge in [0.25, 0.3) is 0 Å². The molecule has 0 bridgehead atoms. The Labute approximate surface area is 171 Å². The van der Waals surface area contributed by atoms with Gasteiger partial charge in [0.15, 0.2) is 10.9 Å². The van der Waals surface area contributed by atoms with Gasteiger partial charge < -0.3 is 14.5 Å². The second-order valence-corrected chi connectivity index (χ2v) is 7.88. The van der Waals surface area contributed by atoms with E-state index in [0.717, 1.165) is 17.4 Å². The summed E-state index contributed by atoms with van der Waals surface area (Å²) in [6, 6.07) is 7.88. The average Bonchev–Trinajstić information content (AvgIpc) is 3.06. The topological polar surface area (TPSA) is 75.5 Å². The largest absolute Gasteiger partial charge is 0.450 e. The Morgan fingerprint density at radius 2 is 2.04 bits per heavy atom. The van der Waals surface area contributed by atoms with Crippen LogP contribution >= 0.6 is 12.2 Å². The van der Waals surface area contributed by atoms with E-state index >= 15 is 0 Å². The van der Waals surface area contributed by atoms with Crippen molar-refractivity contribution in [3.63, 3.8) is 0 Å². The molecule has 0 aliphatic heterocycles. The molecule has 1 heterocycles. The number of nitrogens with one attached hydrogen (secondary N) is 3. The molecule has 1 aromatic carbocycles. The quantitative estimate of drug-likeness (QED) is 0.519. The van der Waals surface area contributed by atoms with Gasteiger partial charge in [-0.1, -0.05) is 44.9 Å². The van der Waals surface area contributed by atoms with Crippen LogP contribution in [0, 0.1) is 11.8 Å². The summed E-state index contributed by atoms with van der Waals surface area (Å²) in [4.78, 5) is 12.7. The fourth-order valence-electron chi connectivity index (χ4n) is 3.79. The molecule has 1 saturated carbocycles. The van der Waals surface area contributed by atoms with Gasteiger partial charge in [-0.2, -0.15) is 0 Å². The molecule has 7 heteroatoms. The zero-order valence-corrected chi connectivity index (χ0v) is 17.5. The summed E-state index contributed by atoms with van der Waals surface area (Å²) in [5.74, 6) is 1.07. The number of hydrogen-bond acceptors (Lipinski definition) is 4. The molecule has 0 radical (unpaired) electrons. The zero-order chi connectivity index (χ0) is 20.1. The summed E-state index contributed by atoms with van der Waals surface area (Å²) in [6.07, 6.45) is 3.53. The van der Waals surface area contributed by atoms with E-state index in [1.807, 2.05) is 31.2 Å². The lowest BCUT2D eigenvalue weighted by molar-refractivity contribution is 0.0904. The van der Waals surface area contributed by atoms with Crippen molar-refractivity contribution in [1.82, 2.24) is 16.2 Å². The fourth-order valence-corrected chi connectivity index (χ4v) is 3.99. The van der Waals surface area contributed by atoms with E-state index in [1.165, 1.54) is 12.8 Å². The molecular weight excluding hydrogens is 374 g/mol. The standard InChI is InChI=1S/C21H29N3O3S/c1-4-26-12-16-15-9-5-6-11-18(15)27-19(16)20(25)23-24-21(28)22-17-10-7-8-13(2)14(17)3/h5-6,9,11,13-14,17H,4,7-8,10,12H2,1-3H3,(H,23,25)(H2,22,24,28)/t13-,14-,17+/m0/s1. The smallest absolute Gasteiger partial charge is 0.305 e. The normalized spacial score (nSPS) is 22.0. The monoisotopic (exact) mass is 403 g/mol. The van der Waals surface area contributed by atoms with Crippen LogP contribution in [0.1, 0.15) is 56.2 Å². The molecule has 1 aromatic heterocycles. The summed E-state index contributed by atoms with van der Waals surface area (Å²) in [5, 5.41) is 4.63. The number of ether oxygens (including phenoxy) is 1. The van der Waals surface area contributed by atoms with Crippen LogP contribution in [0.25, 0.3) is 11.0 Å². The molecule has 1 amide bonds. The van der Waals surface area contributed by atoms with Crippen molar-refractivity contribution in [2.75, 3.05) is 6.61 Å². The van der Waals surface area contributed by atoms with E-state index in [4.69, 9.17) is 21.4 Å². The first-order valence-corrected chi connectivity index (χ1v) is 10.4. The van der Waals surface area contributed by atoms with Gasteiger partial charge in [0.2, 0.25) is 0 Å². The highest BCUT2D eigenvalue weighted by Crippen LogP contribution is 2.29. The highest BCUT2D eigenvalue weighted by Gasteiger charge is 2.27. The second-order valence-electron chi connectivity index (χ2n) is 7.47. The lowest BCUT2D eigenvalue weighted by Crippen LogP contribution is -2.52. The SMILES string of the molecule is CCOCc1c(C(=O)NNC(=S)N[C@@H]2CCC[C@H](C)[C@@H]2C)oc2ccccc12. The number of hydrazine groups is 1. The van der Waals surface area contributed by atoms with E-state index in [2.05, 4.69) is 30.0 Å². The molecule has 6 nitrogen and oxygen atoms in total. The third-order valence-electron chi connectivity index (χ3n) is 5.67. The number of thiocarbonyl (C=S) groups is 1. The molecule has 152 valence electrons. The summed E-state index contributed by atoms with van der Waals surface area (Å²) in [7, 11) is 0. The Morgan fingerprint density at radius 1 is 1.25 bits per heavy atom. The molecule has 3 N–H and O–H groups in total. The van der Waals surface area contributed by atoms with Crippen LogP contribution in [-0.2, 0) is 11.3 Å². The molecule has 2 aromatic rings. The van der Waals surface area contributed by atoms with Gasteiger partial charge >= 0.3 is 5.91 Å². The van der Waals surface area contributed by atoms with Gasteiger partial charge in [-0.3, -0.25) is 15.6 Å². The lowest BCUT2D eigenvalue weighted by Gasteiger charge is -2.35. The Bertz CT molecular complexity index is 835. The first-order valence-electron chi connectivity index (χ1n) is 9.96. The van der Waals surface area contributed by atoms with Crippen molar-refractivity contribution < 1.29 is 13.9 Å². The first kappa shape index (κ1) is 20.6. The van der Waals surface area contributed by atoms with Crippen molar-refractivity contribution in [1.29, 1.82) is 0 Å². The van der Waals surface area contributed by atoms with Crippen LogP contribution in [-0.4, -0.2) is 23.7 Å². The minimum absolute atomic E-state index is 0.240. The fraction of sp³-hybridized carbons (Fsp3) is 0.524. The Balaban J connectivity index is 1.63. The van der Waals surface area contributed by atoms with Crippen LogP contribution in [0.15, 0.2) is 28.7 Å². The first-order chi connectivity index (χ1) is 13.5. The molecule has 3 atom stereocenters. The third-order valence-corrected chi connectivity index (χ3v) is 5.89. The molecule has 28 heavy (non-hydrogen) atoms. The van der Waals surface area contributed by atoms with E-state index < -0.39 is 0 Å². The number of benzene rings is 1. The van der Waals surface area contributed by atoms with E-state index in [1.54, 1.807) is 0 Å². The van der Waals surface area contributed by atoms with Crippen molar-refractivity contribution >= 4 is 34.2 Å². The van der Waals surface area contributed by atoms with Crippen molar-refractivity contribution in [3.8, 4) is 0 Å². The maximum Gasteiger partial charge on any atom is 0.305 e. The number of amides is 1. The van der Waals surface area contributed by atoms with Gasteiger partial charge in [0.1, 0.15) is 5.58 Å². The summed E-state index contributed by atoms with van der Waals surface area (Å²) in [6.45, 7) is 7.32. The van der Waals surface area contributed by atoms with E-state index in [-0.39, 0.29) is 11.7 Å². The third kappa shape index (κ3) is 4.64. The van der Waals surface area contributed by atoms with Gasteiger partial charge in [0.05, 0.1) is 6.61 Å². The van der Waals surface area contributed by atoms with Crippen LogP contribution in [0.3, 0.4) is 0 Å². The van der Waals surface area contributed by atoms with Crippen LogP contribution < -0.4 is 16.2 Å². The van der Waals surface area contributed by atoms with Gasteiger partial charge in [-0.15, -0.1) is 0 Å². The van der Waals surface area contributed by atoms with E-state index in [0.29, 0.717) is 41.8 Å². The molecule has 1 aliphatic rings. The van der Waals surface area contributed by atoms with Gasteiger partial charge in [0, 0.05) is 23.6 Å². The van der Waals surface area contributed by atoms with Crippen LogP contribution in [0.5, 0.6) is 0 Å². The molecule has 1 aliphatic carbocycles. The van der Waals surface area contributed by atoms with E-state index in [9.17, 15) is 4.79 Å². The maximum atomic E-state index is 12.7. The maximum absolute atomic E-state index is 12.7. The predicted octanol–water partition coefficient (Wildman–Crippen LogP) is 3.90. The van der Waals surface area contributed by atoms with Crippen LogP contribution in [0.4, 0.5) is 0 Å². The number of para-hydroxylation sites is 1. The molecule has 3 rings (SSSR count). The molecule has 1 fully saturated rings. The van der Waals surface area contributed by atoms with Gasteiger partial charge in [-0.25, -0.2) is 0 Å². The zero-order valence-electron chi connectivity index (χ0n) is 16.7. The minimum atomic E-state index is -0.375. The lowest BCUT2D eigenvalue weighted by atomic mass is 9.78. The second kappa shape index (κ2) is 9.39. The highest BCUT2D eigenvalue weighted by atomic mass is 32.1. The number of carbonyl (C=O) groups excluding carboxylic acids is 1. The van der Waals surface area contributed by atoms with Crippen LogP contribution in [0.2, 0.25) is 0 Å². The number of rotatable bonds is 5. The van der Waals surface area contributed by atoms with Crippen molar-refractivity contribution in [3.05, 3.63) is 35.6 Å².